The van der Waals surface area contributed by atoms with Crippen LogP contribution in [0.15, 0.2) is 16.0 Å². The molecule has 3 saturated heterocycles. The predicted octanol–water partition coefficient (Wildman–Crippen LogP) is -3.60. The smallest absolute Gasteiger partial charge is 0.543 e. The minimum Gasteiger partial charge on any atom is -0.543 e. The molecule has 184 valence electrons. The molecule has 1 aromatic rings. The van der Waals surface area contributed by atoms with Gasteiger partial charge in [-0.2, -0.15) is 0 Å². The average molecular weight is 531 g/mol. The number of carbonyl (C=O) groups excluding carboxylic acids is 3. The van der Waals surface area contributed by atoms with Gasteiger partial charge in [-0.1, -0.05) is 6.92 Å². The number of nitrogens with zero attached hydrogens (tertiary/aromatic N) is 4. The molecule has 0 aromatic carbocycles. The maximum atomic E-state index is 12.6. The predicted molar refractivity (Wildman–Crippen MR) is 124 cm³/mol. The fraction of sp³-hybridized carbons (Fsp3) is 0.636. The molecule has 4 aliphatic rings. The van der Waals surface area contributed by atoms with Crippen LogP contribution in [0.4, 0.5) is 5.13 Å². The standard InChI is InChI=1S/C22H28N4O6S2.Na/c1-11-17-16(12(2)27)20(29)26(17)18(21(30)31)19(11)34-13-7-25(8-13)22-23-14(10-33-22)15(28)9-24-3-5-32-6-4-24;/h10-13,16-17,27H,3-9H2,1-2H3,(H,30,31);/q;+1/p-1/t11-,12?,16?,17?;/m1./s1. The first-order chi connectivity index (χ1) is 16.3. The molecule has 3 fully saturated rings. The summed E-state index contributed by atoms with van der Waals surface area (Å²) >= 11 is 2.90. The first-order valence-corrected chi connectivity index (χ1v) is 13.2. The Hall–Kier alpha value is -0.990. The van der Waals surface area contributed by atoms with Crippen molar-refractivity contribution in [3.63, 3.8) is 0 Å². The molecular weight excluding hydrogens is 503 g/mol. The van der Waals surface area contributed by atoms with Crippen molar-refractivity contribution >= 4 is 45.9 Å². The van der Waals surface area contributed by atoms with Gasteiger partial charge in [-0.05, 0) is 6.92 Å². The molecule has 4 atom stereocenters. The molecular formula is C22H27N4NaO6S2. The number of hydrogen-bond donors (Lipinski definition) is 1. The van der Waals surface area contributed by atoms with Crippen LogP contribution in [0.2, 0.25) is 0 Å². The maximum absolute atomic E-state index is 12.6. The average Bonchev–Trinajstić information content (AvgIpc) is 3.33. The van der Waals surface area contributed by atoms with E-state index in [0.717, 1.165) is 18.2 Å². The Labute approximate surface area is 234 Å². The van der Waals surface area contributed by atoms with Crippen molar-refractivity contribution in [3.8, 4) is 0 Å². The van der Waals surface area contributed by atoms with Crippen molar-refractivity contribution in [2.45, 2.75) is 31.2 Å². The van der Waals surface area contributed by atoms with Crippen LogP contribution in [0.3, 0.4) is 0 Å². The number of ketones is 1. The second-order valence-electron chi connectivity index (χ2n) is 9.23. The Morgan fingerprint density at radius 3 is 2.66 bits per heavy atom. The third kappa shape index (κ3) is 4.96. The van der Waals surface area contributed by atoms with Crippen molar-refractivity contribution in [2.24, 2.45) is 11.8 Å². The molecule has 1 aromatic heterocycles. The number of aliphatic hydroxyl groups is 1. The van der Waals surface area contributed by atoms with E-state index in [1.54, 1.807) is 12.3 Å². The van der Waals surface area contributed by atoms with E-state index < -0.39 is 18.0 Å². The topological polar surface area (TPSA) is 126 Å². The number of carboxylic acid groups (broad SMARTS) is 1. The van der Waals surface area contributed by atoms with E-state index >= 15 is 0 Å². The van der Waals surface area contributed by atoms with Gasteiger partial charge >= 0.3 is 29.6 Å². The third-order valence-corrected chi connectivity index (χ3v) is 9.31. The van der Waals surface area contributed by atoms with Crippen LogP contribution < -0.4 is 39.6 Å². The van der Waals surface area contributed by atoms with Crippen molar-refractivity contribution in [1.82, 2.24) is 14.8 Å². The van der Waals surface area contributed by atoms with E-state index in [0.29, 0.717) is 43.4 Å². The van der Waals surface area contributed by atoms with E-state index in [1.165, 1.54) is 28.0 Å². The maximum Gasteiger partial charge on any atom is 1.00 e. The fourth-order valence-electron chi connectivity index (χ4n) is 5.10. The molecule has 5 heterocycles. The Morgan fingerprint density at radius 1 is 1.34 bits per heavy atom. The molecule has 5 rings (SSSR count). The van der Waals surface area contributed by atoms with Gasteiger partial charge in [0.15, 0.2) is 10.9 Å². The zero-order valence-corrected chi connectivity index (χ0v) is 23.6. The summed E-state index contributed by atoms with van der Waals surface area (Å²) in [6.07, 6.45) is -0.826. The molecule has 3 unspecified atom stereocenters. The summed E-state index contributed by atoms with van der Waals surface area (Å²) in [6, 6.07) is -0.335. The number of fused-ring (bicyclic) bond motifs is 1. The Kier molecular flexibility index (Phi) is 8.33. The van der Waals surface area contributed by atoms with E-state index in [1.807, 2.05) is 6.92 Å². The summed E-state index contributed by atoms with van der Waals surface area (Å²) in [5.74, 6) is -2.46. The zero-order chi connectivity index (χ0) is 24.1. The largest absolute Gasteiger partial charge is 1.00 e. The Bertz CT molecular complexity index is 1040. The number of anilines is 1. The molecule has 13 heteroatoms. The SMILES string of the molecule is CC(O)C1C(=O)N2C(C(=O)[O-])=C(SC3CN(c4nc(C(=O)CN5CCOCC5)cs4)C3)[C@H](C)C12.[Na+]. The summed E-state index contributed by atoms with van der Waals surface area (Å²) in [6.45, 7) is 7.93. The van der Waals surface area contributed by atoms with Crippen molar-refractivity contribution in [2.75, 3.05) is 50.8 Å². The number of ether oxygens (including phenoxy) is 1. The van der Waals surface area contributed by atoms with Crippen LogP contribution in [0.25, 0.3) is 0 Å². The number of aromatic nitrogens is 1. The fourth-order valence-corrected chi connectivity index (χ4v) is 7.46. The number of carboxylic acids is 1. The van der Waals surface area contributed by atoms with E-state index in [4.69, 9.17) is 4.74 Å². The minimum atomic E-state index is -1.35. The summed E-state index contributed by atoms with van der Waals surface area (Å²) < 4.78 is 5.32. The minimum absolute atomic E-state index is 0. The van der Waals surface area contributed by atoms with Crippen molar-refractivity contribution in [3.05, 3.63) is 21.7 Å². The molecule has 10 nitrogen and oxygen atoms in total. The van der Waals surface area contributed by atoms with Gasteiger partial charge in [0.25, 0.3) is 0 Å². The second-order valence-corrected chi connectivity index (χ2v) is 11.4. The number of hydrogen-bond acceptors (Lipinski definition) is 11. The van der Waals surface area contributed by atoms with Gasteiger partial charge in [0.05, 0.1) is 49.5 Å². The second kappa shape index (κ2) is 10.8. The van der Waals surface area contributed by atoms with Gasteiger partial charge in [-0.15, -0.1) is 23.1 Å². The number of Topliss-reactive ketones (excluding diaryl/α,β-unsaturated/α-hetero) is 1. The number of aliphatic hydroxyl groups excluding tert-OH is 1. The molecule has 0 radical (unpaired) electrons. The summed E-state index contributed by atoms with van der Waals surface area (Å²) in [7, 11) is 0. The van der Waals surface area contributed by atoms with Crippen molar-refractivity contribution in [1.29, 1.82) is 0 Å². The molecule has 1 N–H and O–H groups in total. The van der Waals surface area contributed by atoms with Crippen LogP contribution >= 0.6 is 23.1 Å². The zero-order valence-electron chi connectivity index (χ0n) is 20.0. The number of thioether (sulfide) groups is 1. The number of thiazole rings is 1. The molecule has 0 spiro atoms. The molecule has 0 bridgehead atoms. The summed E-state index contributed by atoms with van der Waals surface area (Å²) in [4.78, 5) is 47.5. The number of morpholine rings is 1. The van der Waals surface area contributed by atoms with Crippen molar-refractivity contribution < 1.29 is 58.9 Å². The van der Waals surface area contributed by atoms with Gasteiger partial charge in [0, 0.05) is 47.6 Å². The number of aliphatic carboxylic acids is 1. The quantitative estimate of drug-likeness (QED) is 0.205. The van der Waals surface area contributed by atoms with E-state index in [9.17, 15) is 24.6 Å². The van der Waals surface area contributed by atoms with E-state index in [-0.39, 0.29) is 64.2 Å². The normalized spacial score (nSPS) is 27.7. The van der Waals surface area contributed by atoms with Gasteiger partial charge in [0.2, 0.25) is 5.91 Å². The first kappa shape index (κ1) is 27.1. The molecule has 0 aliphatic carbocycles. The molecule has 35 heavy (non-hydrogen) atoms. The van der Waals surface area contributed by atoms with Crippen LogP contribution in [0.1, 0.15) is 24.3 Å². The van der Waals surface area contributed by atoms with Gasteiger partial charge in [-0.3, -0.25) is 14.5 Å². The monoisotopic (exact) mass is 530 g/mol. The van der Waals surface area contributed by atoms with E-state index in [2.05, 4.69) is 14.8 Å². The molecule has 4 aliphatic heterocycles. The molecule has 0 saturated carbocycles. The summed E-state index contributed by atoms with van der Waals surface area (Å²) in [5, 5.41) is 24.5. The van der Waals surface area contributed by atoms with Gasteiger partial charge in [-0.25, -0.2) is 4.98 Å². The number of β-lactam (4-membered cyclic amide) rings is 1. The first-order valence-electron chi connectivity index (χ1n) is 11.4. The van der Waals surface area contributed by atoms with Crippen LogP contribution in [-0.2, 0) is 14.3 Å². The van der Waals surface area contributed by atoms with Gasteiger partial charge < -0.3 is 29.5 Å². The van der Waals surface area contributed by atoms with Crippen LogP contribution in [0, 0.1) is 11.8 Å². The van der Waals surface area contributed by atoms with Crippen LogP contribution in [-0.4, -0.2) is 101 Å². The Balaban J connectivity index is 0.00000289. The van der Waals surface area contributed by atoms with Crippen LogP contribution in [0.5, 0.6) is 0 Å². The third-order valence-electron chi connectivity index (χ3n) is 6.96. The summed E-state index contributed by atoms with van der Waals surface area (Å²) in [5.41, 5.74) is 0.425. The number of rotatable bonds is 8. The van der Waals surface area contributed by atoms with Gasteiger partial charge in [0.1, 0.15) is 5.69 Å². The molecule has 1 amide bonds. The number of carbonyl (C=O) groups is 3. The Morgan fingerprint density at radius 2 is 2.03 bits per heavy atom. The number of amides is 1.